The maximum Gasteiger partial charge on any atom is 0.274 e. The van der Waals surface area contributed by atoms with Gasteiger partial charge in [-0.05, 0) is 47.5 Å². The van der Waals surface area contributed by atoms with Crippen LogP contribution in [0.3, 0.4) is 0 Å². The number of nitro benzene ring substituents is 1. The average Bonchev–Trinajstić information content (AvgIpc) is 2.72. The highest BCUT2D eigenvalue weighted by molar-refractivity contribution is 9.11. The van der Waals surface area contributed by atoms with E-state index in [0.717, 1.165) is 20.7 Å². The van der Waals surface area contributed by atoms with Crippen LogP contribution in [0.25, 0.3) is 0 Å². The van der Waals surface area contributed by atoms with E-state index in [1.54, 1.807) is 13.0 Å². The summed E-state index contributed by atoms with van der Waals surface area (Å²) in [7, 11) is -3.76. The summed E-state index contributed by atoms with van der Waals surface area (Å²) in [5.74, 6) is 0. The van der Waals surface area contributed by atoms with Crippen molar-refractivity contribution in [2.24, 2.45) is 0 Å². The lowest BCUT2D eigenvalue weighted by Crippen LogP contribution is -2.12. The normalized spacial score (nSPS) is 11.4. The fraction of sp³-hybridized carbons (Fsp3) is 0.167. The van der Waals surface area contributed by atoms with Crippen molar-refractivity contribution in [3.8, 4) is 0 Å². The summed E-state index contributed by atoms with van der Waals surface area (Å²) in [5.41, 5.74) is 1.17. The monoisotopic (exact) mass is 390 g/mol. The molecule has 0 saturated heterocycles. The molecule has 0 amide bonds. The Bertz CT molecular complexity index is 795. The standard InChI is InChI=1S/C12H11BrN2O4S2/c1-7-6-11(20-12(7)13)21(18,19)14-9-4-3-5-10(8(9)2)15(16)17/h3-6,14H,1-2H3. The predicted octanol–water partition coefficient (Wildman–Crippen LogP) is 3.84. The molecule has 9 heteroatoms. The highest BCUT2D eigenvalue weighted by Gasteiger charge is 2.21. The van der Waals surface area contributed by atoms with Crippen molar-refractivity contribution in [2.75, 3.05) is 4.72 Å². The van der Waals surface area contributed by atoms with Gasteiger partial charge in [-0.2, -0.15) is 0 Å². The number of benzene rings is 1. The lowest BCUT2D eigenvalue weighted by Gasteiger charge is -2.09. The summed E-state index contributed by atoms with van der Waals surface area (Å²) in [5, 5.41) is 10.9. The van der Waals surface area contributed by atoms with Crippen molar-refractivity contribution in [2.45, 2.75) is 18.1 Å². The molecule has 0 saturated carbocycles. The van der Waals surface area contributed by atoms with Crippen molar-refractivity contribution in [1.82, 2.24) is 0 Å². The largest absolute Gasteiger partial charge is 0.278 e. The topological polar surface area (TPSA) is 89.3 Å². The van der Waals surface area contributed by atoms with E-state index >= 15 is 0 Å². The van der Waals surface area contributed by atoms with Crippen molar-refractivity contribution < 1.29 is 13.3 Å². The Morgan fingerprint density at radius 2 is 2.00 bits per heavy atom. The van der Waals surface area contributed by atoms with Gasteiger partial charge in [0.2, 0.25) is 0 Å². The molecule has 0 aliphatic heterocycles. The molecule has 112 valence electrons. The minimum absolute atomic E-state index is 0.126. The summed E-state index contributed by atoms with van der Waals surface area (Å²) in [6.07, 6.45) is 0. The summed E-state index contributed by atoms with van der Waals surface area (Å²) >= 11 is 4.37. The number of nitrogens with zero attached hydrogens (tertiary/aromatic N) is 1. The highest BCUT2D eigenvalue weighted by Crippen LogP contribution is 2.33. The lowest BCUT2D eigenvalue weighted by molar-refractivity contribution is -0.385. The van der Waals surface area contributed by atoms with Crippen molar-refractivity contribution in [1.29, 1.82) is 0 Å². The summed E-state index contributed by atoms with van der Waals surface area (Å²) < 4.78 is 27.9. The van der Waals surface area contributed by atoms with E-state index in [0.29, 0.717) is 0 Å². The molecule has 0 fully saturated rings. The van der Waals surface area contributed by atoms with E-state index < -0.39 is 14.9 Å². The lowest BCUT2D eigenvalue weighted by atomic mass is 10.2. The molecule has 0 aliphatic carbocycles. The summed E-state index contributed by atoms with van der Waals surface area (Å²) in [6, 6.07) is 5.82. The van der Waals surface area contributed by atoms with Gasteiger partial charge < -0.3 is 0 Å². The first-order chi connectivity index (χ1) is 9.72. The molecule has 2 rings (SSSR count). The first-order valence-electron chi connectivity index (χ1n) is 5.75. The van der Waals surface area contributed by atoms with Crippen LogP contribution in [-0.2, 0) is 10.0 Å². The molecule has 0 radical (unpaired) electrons. The summed E-state index contributed by atoms with van der Waals surface area (Å²) in [6.45, 7) is 3.30. The van der Waals surface area contributed by atoms with E-state index in [4.69, 9.17) is 0 Å². The first-order valence-corrected chi connectivity index (χ1v) is 8.84. The van der Waals surface area contributed by atoms with Crippen LogP contribution in [0, 0.1) is 24.0 Å². The smallest absolute Gasteiger partial charge is 0.274 e. The van der Waals surface area contributed by atoms with Gasteiger partial charge in [-0.15, -0.1) is 11.3 Å². The molecule has 0 atom stereocenters. The van der Waals surface area contributed by atoms with Gasteiger partial charge in [-0.25, -0.2) is 8.42 Å². The number of rotatable bonds is 4. The molecular weight excluding hydrogens is 380 g/mol. The molecule has 1 heterocycles. The van der Waals surface area contributed by atoms with Gasteiger partial charge in [0.25, 0.3) is 15.7 Å². The van der Waals surface area contributed by atoms with E-state index in [1.807, 2.05) is 0 Å². The van der Waals surface area contributed by atoms with Crippen LogP contribution in [0.2, 0.25) is 0 Å². The molecule has 1 aromatic carbocycles. The van der Waals surface area contributed by atoms with Gasteiger partial charge in [0, 0.05) is 6.07 Å². The van der Waals surface area contributed by atoms with Crippen molar-refractivity contribution in [3.05, 3.63) is 49.3 Å². The Balaban J connectivity index is 2.42. The minimum atomic E-state index is -3.76. The number of anilines is 1. The first kappa shape index (κ1) is 15.9. The Morgan fingerprint density at radius 3 is 2.52 bits per heavy atom. The number of thiophene rings is 1. The molecule has 1 N–H and O–H groups in total. The van der Waals surface area contributed by atoms with E-state index in [2.05, 4.69) is 20.7 Å². The van der Waals surface area contributed by atoms with Gasteiger partial charge in [0.05, 0.1) is 20.0 Å². The van der Waals surface area contributed by atoms with E-state index in [9.17, 15) is 18.5 Å². The number of hydrogen-bond acceptors (Lipinski definition) is 5. The van der Waals surface area contributed by atoms with Crippen LogP contribution < -0.4 is 4.72 Å². The van der Waals surface area contributed by atoms with E-state index in [1.165, 1.54) is 25.1 Å². The molecule has 6 nitrogen and oxygen atoms in total. The second-order valence-electron chi connectivity index (χ2n) is 4.33. The SMILES string of the molecule is Cc1cc(S(=O)(=O)Nc2cccc([N+](=O)[O-])c2C)sc1Br. The Labute approximate surface area is 134 Å². The number of nitro groups is 1. The third-order valence-corrected chi connectivity index (χ3v) is 6.82. The second kappa shape index (κ2) is 5.74. The van der Waals surface area contributed by atoms with Crippen LogP contribution in [0.5, 0.6) is 0 Å². The van der Waals surface area contributed by atoms with Crippen LogP contribution in [0.4, 0.5) is 11.4 Å². The molecule has 0 unspecified atom stereocenters. The maximum absolute atomic E-state index is 12.3. The zero-order chi connectivity index (χ0) is 15.8. The zero-order valence-electron chi connectivity index (χ0n) is 11.1. The van der Waals surface area contributed by atoms with Crippen molar-refractivity contribution >= 4 is 48.7 Å². The minimum Gasteiger partial charge on any atom is -0.278 e. The fourth-order valence-corrected chi connectivity index (χ4v) is 5.04. The Morgan fingerprint density at radius 1 is 1.33 bits per heavy atom. The van der Waals surface area contributed by atoms with Gasteiger partial charge in [-0.3, -0.25) is 14.8 Å². The molecule has 0 aliphatic rings. The second-order valence-corrected chi connectivity index (χ2v) is 8.61. The third-order valence-electron chi connectivity index (χ3n) is 2.85. The number of halogens is 1. The van der Waals surface area contributed by atoms with E-state index in [-0.39, 0.29) is 21.1 Å². The zero-order valence-corrected chi connectivity index (χ0v) is 14.3. The van der Waals surface area contributed by atoms with Gasteiger partial charge in [0.1, 0.15) is 4.21 Å². The quantitative estimate of drug-likeness (QED) is 0.634. The van der Waals surface area contributed by atoms with Gasteiger partial charge in [0.15, 0.2) is 0 Å². The van der Waals surface area contributed by atoms with Crippen LogP contribution in [0.1, 0.15) is 11.1 Å². The Hall–Kier alpha value is -1.45. The molecule has 1 aromatic heterocycles. The van der Waals surface area contributed by atoms with Gasteiger partial charge in [-0.1, -0.05) is 6.07 Å². The predicted molar refractivity (Wildman–Crippen MR) is 85.4 cm³/mol. The molecule has 0 spiro atoms. The Kier molecular flexibility index (Phi) is 4.35. The number of aryl methyl sites for hydroxylation is 1. The van der Waals surface area contributed by atoms with Crippen LogP contribution in [-0.4, -0.2) is 13.3 Å². The van der Waals surface area contributed by atoms with Gasteiger partial charge >= 0.3 is 0 Å². The fourth-order valence-electron chi connectivity index (χ4n) is 1.69. The highest BCUT2D eigenvalue weighted by atomic mass is 79.9. The summed E-state index contributed by atoms with van der Waals surface area (Å²) in [4.78, 5) is 10.3. The number of nitrogens with one attached hydrogen (secondary N) is 1. The molecule has 21 heavy (non-hydrogen) atoms. The molecule has 2 aromatic rings. The van der Waals surface area contributed by atoms with Crippen LogP contribution >= 0.6 is 27.3 Å². The number of hydrogen-bond donors (Lipinski definition) is 1. The maximum atomic E-state index is 12.3. The average molecular weight is 391 g/mol. The van der Waals surface area contributed by atoms with Crippen LogP contribution in [0.15, 0.2) is 32.3 Å². The number of sulfonamides is 1. The molecule has 0 bridgehead atoms. The molecular formula is C12H11BrN2O4S2. The van der Waals surface area contributed by atoms with Crippen molar-refractivity contribution in [3.63, 3.8) is 0 Å². The third kappa shape index (κ3) is 3.25.